The molecule has 0 aromatic heterocycles. The highest BCUT2D eigenvalue weighted by Gasteiger charge is 2.21. The second-order valence-electron chi connectivity index (χ2n) is 7.21. The van der Waals surface area contributed by atoms with Crippen LogP contribution in [0.4, 0.5) is 11.4 Å². The van der Waals surface area contributed by atoms with E-state index < -0.39 is 0 Å². The molecule has 0 bridgehead atoms. The fourth-order valence-corrected chi connectivity index (χ4v) is 3.41. The topological polar surface area (TPSA) is 54.0 Å². The number of para-hydroxylation sites is 2. The van der Waals surface area contributed by atoms with Gasteiger partial charge in [-0.1, -0.05) is 25.5 Å². The van der Waals surface area contributed by atoms with Gasteiger partial charge in [-0.2, -0.15) is 0 Å². The number of piperazine rings is 1. The number of methoxy groups -OCH3 is 1. The van der Waals surface area contributed by atoms with Gasteiger partial charge in [-0.15, -0.1) is 0 Å². The minimum absolute atomic E-state index is 0.00962. The molecule has 1 heterocycles. The Bertz CT molecular complexity index is 771. The van der Waals surface area contributed by atoms with E-state index >= 15 is 0 Å². The Labute approximate surface area is 173 Å². The second-order valence-corrected chi connectivity index (χ2v) is 7.21. The monoisotopic (exact) mass is 397 g/mol. The van der Waals surface area contributed by atoms with Crippen molar-refractivity contribution in [3.8, 4) is 11.5 Å². The van der Waals surface area contributed by atoms with E-state index in [2.05, 4.69) is 28.1 Å². The van der Waals surface area contributed by atoms with Gasteiger partial charge in [0.1, 0.15) is 11.5 Å². The standard InChI is InChI=1S/C23H31N3O3/c1-3-4-17-29-20-11-9-19(10-12-20)24-23(27)18-25-13-15-26(16-14-25)21-7-5-6-8-22(21)28-2/h5-12H,3-4,13-18H2,1-2H3,(H,24,27). The summed E-state index contributed by atoms with van der Waals surface area (Å²) in [5.74, 6) is 1.74. The Morgan fingerprint density at radius 2 is 1.76 bits per heavy atom. The van der Waals surface area contributed by atoms with E-state index in [1.54, 1.807) is 7.11 Å². The largest absolute Gasteiger partial charge is 0.495 e. The number of ether oxygens (including phenoxy) is 2. The molecule has 0 saturated carbocycles. The maximum Gasteiger partial charge on any atom is 0.238 e. The molecule has 0 unspecified atom stereocenters. The first kappa shape index (κ1) is 21.0. The van der Waals surface area contributed by atoms with Crippen molar-refractivity contribution in [1.82, 2.24) is 4.90 Å². The summed E-state index contributed by atoms with van der Waals surface area (Å²) in [6.45, 7) is 6.69. The van der Waals surface area contributed by atoms with E-state index in [9.17, 15) is 4.79 Å². The number of amides is 1. The lowest BCUT2D eigenvalue weighted by molar-refractivity contribution is -0.117. The molecule has 1 aliphatic heterocycles. The van der Waals surface area contributed by atoms with Crippen molar-refractivity contribution in [2.75, 3.05) is 56.7 Å². The SMILES string of the molecule is CCCCOc1ccc(NC(=O)CN2CCN(c3ccccc3OC)CC2)cc1. The van der Waals surface area contributed by atoms with Crippen molar-refractivity contribution in [3.05, 3.63) is 48.5 Å². The van der Waals surface area contributed by atoms with Gasteiger partial charge in [0.2, 0.25) is 5.91 Å². The minimum Gasteiger partial charge on any atom is -0.495 e. The van der Waals surface area contributed by atoms with Crippen LogP contribution in [0, 0.1) is 0 Å². The molecule has 1 aliphatic rings. The van der Waals surface area contributed by atoms with Gasteiger partial charge in [0.25, 0.3) is 0 Å². The number of nitrogens with one attached hydrogen (secondary N) is 1. The molecule has 0 radical (unpaired) electrons. The molecule has 2 aromatic carbocycles. The number of hydrogen-bond donors (Lipinski definition) is 1. The summed E-state index contributed by atoms with van der Waals surface area (Å²) in [5, 5.41) is 2.98. The molecule has 1 fully saturated rings. The Morgan fingerprint density at radius 1 is 1.03 bits per heavy atom. The third kappa shape index (κ3) is 6.12. The zero-order valence-corrected chi connectivity index (χ0v) is 17.4. The van der Waals surface area contributed by atoms with Crippen LogP contribution in [-0.4, -0.2) is 57.2 Å². The number of unbranched alkanes of at least 4 members (excludes halogenated alkanes) is 1. The van der Waals surface area contributed by atoms with Crippen LogP contribution >= 0.6 is 0 Å². The van der Waals surface area contributed by atoms with Crippen LogP contribution in [0.15, 0.2) is 48.5 Å². The van der Waals surface area contributed by atoms with Crippen molar-refractivity contribution >= 4 is 17.3 Å². The average molecular weight is 398 g/mol. The molecule has 0 aliphatic carbocycles. The van der Waals surface area contributed by atoms with Gasteiger partial charge in [0, 0.05) is 31.9 Å². The molecule has 2 aromatic rings. The molecule has 1 amide bonds. The fourth-order valence-electron chi connectivity index (χ4n) is 3.41. The van der Waals surface area contributed by atoms with E-state index in [-0.39, 0.29) is 5.91 Å². The highest BCUT2D eigenvalue weighted by molar-refractivity contribution is 5.92. The molecule has 1 saturated heterocycles. The first-order valence-corrected chi connectivity index (χ1v) is 10.3. The maximum absolute atomic E-state index is 12.4. The summed E-state index contributed by atoms with van der Waals surface area (Å²) >= 11 is 0. The zero-order chi connectivity index (χ0) is 20.5. The van der Waals surface area contributed by atoms with Crippen LogP contribution in [0.3, 0.4) is 0 Å². The van der Waals surface area contributed by atoms with E-state index in [1.165, 1.54) is 0 Å². The summed E-state index contributed by atoms with van der Waals surface area (Å²) in [6.07, 6.45) is 2.16. The number of carbonyl (C=O) groups excluding carboxylic acids is 1. The van der Waals surface area contributed by atoms with Crippen LogP contribution in [0.25, 0.3) is 0 Å². The highest BCUT2D eigenvalue weighted by atomic mass is 16.5. The van der Waals surface area contributed by atoms with E-state index in [4.69, 9.17) is 9.47 Å². The number of carbonyl (C=O) groups is 1. The maximum atomic E-state index is 12.4. The van der Waals surface area contributed by atoms with Gasteiger partial charge in [-0.25, -0.2) is 0 Å². The van der Waals surface area contributed by atoms with Gasteiger partial charge in [-0.05, 0) is 42.8 Å². The number of benzene rings is 2. The van der Waals surface area contributed by atoms with Crippen LogP contribution in [-0.2, 0) is 4.79 Å². The predicted molar refractivity (Wildman–Crippen MR) is 117 cm³/mol. The molecular weight excluding hydrogens is 366 g/mol. The smallest absolute Gasteiger partial charge is 0.238 e. The van der Waals surface area contributed by atoms with Gasteiger partial charge < -0.3 is 19.7 Å². The molecule has 6 heteroatoms. The lowest BCUT2D eigenvalue weighted by atomic mass is 10.2. The molecular formula is C23H31N3O3. The van der Waals surface area contributed by atoms with E-state index in [0.717, 1.165) is 68.5 Å². The van der Waals surface area contributed by atoms with E-state index in [0.29, 0.717) is 6.54 Å². The first-order valence-electron chi connectivity index (χ1n) is 10.3. The Kier molecular flexibility index (Phi) is 7.76. The molecule has 0 spiro atoms. The van der Waals surface area contributed by atoms with Gasteiger partial charge in [0.15, 0.2) is 0 Å². The Balaban J connectivity index is 1.44. The summed E-state index contributed by atoms with van der Waals surface area (Å²) in [5.41, 5.74) is 1.91. The molecule has 3 rings (SSSR count). The van der Waals surface area contributed by atoms with Crippen molar-refractivity contribution in [2.45, 2.75) is 19.8 Å². The van der Waals surface area contributed by atoms with Crippen molar-refractivity contribution in [3.63, 3.8) is 0 Å². The quantitative estimate of drug-likeness (QED) is 0.655. The molecule has 0 atom stereocenters. The van der Waals surface area contributed by atoms with Crippen LogP contribution in [0.2, 0.25) is 0 Å². The predicted octanol–water partition coefficient (Wildman–Crippen LogP) is 3.63. The minimum atomic E-state index is 0.00962. The lowest BCUT2D eigenvalue weighted by Gasteiger charge is -2.36. The molecule has 1 N–H and O–H groups in total. The van der Waals surface area contributed by atoms with Crippen molar-refractivity contribution in [1.29, 1.82) is 0 Å². The third-order valence-electron chi connectivity index (χ3n) is 5.07. The number of anilines is 2. The summed E-state index contributed by atoms with van der Waals surface area (Å²) in [4.78, 5) is 16.9. The van der Waals surface area contributed by atoms with Crippen LogP contribution < -0.4 is 19.7 Å². The number of rotatable bonds is 9. The normalized spacial score (nSPS) is 14.5. The molecule has 156 valence electrons. The van der Waals surface area contributed by atoms with Gasteiger partial charge >= 0.3 is 0 Å². The molecule has 29 heavy (non-hydrogen) atoms. The average Bonchev–Trinajstić information content (AvgIpc) is 2.75. The van der Waals surface area contributed by atoms with E-state index in [1.807, 2.05) is 42.5 Å². The van der Waals surface area contributed by atoms with Crippen molar-refractivity contribution in [2.24, 2.45) is 0 Å². The Morgan fingerprint density at radius 3 is 2.45 bits per heavy atom. The number of nitrogens with zero attached hydrogens (tertiary/aromatic N) is 2. The molecule has 6 nitrogen and oxygen atoms in total. The summed E-state index contributed by atoms with van der Waals surface area (Å²) in [7, 11) is 1.70. The zero-order valence-electron chi connectivity index (χ0n) is 17.4. The first-order chi connectivity index (χ1) is 14.2. The fraction of sp³-hybridized carbons (Fsp3) is 0.435. The summed E-state index contributed by atoms with van der Waals surface area (Å²) < 4.78 is 11.1. The number of hydrogen-bond acceptors (Lipinski definition) is 5. The second kappa shape index (κ2) is 10.7. The lowest BCUT2D eigenvalue weighted by Crippen LogP contribution is -2.48. The van der Waals surface area contributed by atoms with Crippen LogP contribution in [0.1, 0.15) is 19.8 Å². The van der Waals surface area contributed by atoms with Crippen molar-refractivity contribution < 1.29 is 14.3 Å². The van der Waals surface area contributed by atoms with Gasteiger partial charge in [-0.3, -0.25) is 9.69 Å². The summed E-state index contributed by atoms with van der Waals surface area (Å²) in [6, 6.07) is 15.6. The third-order valence-corrected chi connectivity index (χ3v) is 5.07. The van der Waals surface area contributed by atoms with Gasteiger partial charge in [0.05, 0.1) is 25.9 Å². The Hall–Kier alpha value is -2.73. The van der Waals surface area contributed by atoms with Crippen LogP contribution in [0.5, 0.6) is 11.5 Å². The highest BCUT2D eigenvalue weighted by Crippen LogP contribution is 2.28.